The van der Waals surface area contributed by atoms with E-state index in [1.807, 2.05) is 0 Å². The van der Waals surface area contributed by atoms with Crippen LogP contribution in [0, 0.1) is 5.21 Å². The minimum absolute atomic E-state index is 0.467. The lowest BCUT2D eigenvalue weighted by Crippen LogP contribution is -2.48. The minimum atomic E-state index is -4.68. The molecule has 0 aromatic heterocycles. The molecule has 7 nitrogen and oxygen atoms in total. The Bertz CT molecular complexity index is 592. The number of quaternary nitrogens is 1. The summed E-state index contributed by atoms with van der Waals surface area (Å²) in [6.07, 6.45) is -1.10. The number of rotatable bonds is 6. The molecule has 1 aromatic rings. The van der Waals surface area contributed by atoms with Crippen molar-refractivity contribution in [3.8, 4) is 0 Å². The van der Waals surface area contributed by atoms with Gasteiger partial charge in [-0.25, -0.2) is 4.79 Å². The molecule has 0 radical (unpaired) electrons. The molecule has 1 aromatic carbocycles. The van der Waals surface area contributed by atoms with Crippen LogP contribution < -0.4 is 0 Å². The SMILES string of the molecule is CC(c1cccc(Br)c1Br)[N+]([O-])(CC(=O)O)CP(=O)(O)O. The molecule has 118 valence electrons. The summed E-state index contributed by atoms with van der Waals surface area (Å²) in [6, 6.07) is 4.01. The molecule has 21 heavy (non-hydrogen) atoms. The maximum absolute atomic E-state index is 12.7. The number of carboxylic acids is 1. The topological polar surface area (TPSA) is 118 Å². The Balaban J connectivity index is 3.28. The Morgan fingerprint density at radius 3 is 2.48 bits per heavy atom. The van der Waals surface area contributed by atoms with Crippen LogP contribution in [-0.2, 0) is 9.36 Å². The van der Waals surface area contributed by atoms with E-state index in [1.54, 1.807) is 18.2 Å². The van der Waals surface area contributed by atoms with E-state index in [0.717, 1.165) is 0 Å². The van der Waals surface area contributed by atoms with Gasteiger partial charge in [0.1, 0.15) is 6.04 Å². The van der Waals surface area contributed by atoms with E-state index in [1.165, 1.54) is 6.92 Å². The number of nitrogens with zero attached hydrogens (tertiary/aromatic N) is 1. The molecule has 10 heteroatoms. The average molecular weight is 447 g/mol. The zero-order valence-electron chi connectivity index (χ0n) is 10.9. The number of benzene rings is 1. The summed E-state index contributed by atoms with van der Waals surface area (Å²) >= 11 is 6.55. The van der Waals surface area contributed by atoms with Crippen molar-refractivity contribution in [2.24, 2.45) is 0 Å². The summed E-state index contributed by atoms with van der Waals surface area (Å²) in [5, 5.41) is 21.6. The predicted octanol–water partition coefficient (Wildman–Crippen LogP) is 2.81. The molecular weight excluding hydrogens is 433 g/mol. The average Bonchev–Trinajstić information content (AvgIpc) is 2.28. The van der Waals surface area contributed by atoms with E-state index in [2.05, 4.69) is 31.9 Å². The minimum Gasteiger partial charge on any atom is -0.632 e. The Hall–Kier alpha value is -0.280. The van der Waals surface area contributed by atoms with Crippen molar-refractivity contribution in [1.29, 1.82) is 0 Å². The van der Waals surface area contributed by atoms with Crippen molar-refractivity contribution in [3.05, 3.63) is 37.9 Å². The number of hydrogen-bond donors (Lipinski definition) is 3. The highest BCUT2D eigenvalue weighted by Crippen LogP contribution is 2.44. The highest BCUT2D eigenvalue weighted by Gasteiger charge is 2.37. The zero-order chi connectivity index (χ0) is 16.4. The lowest BCUT2D eigenvalue weighted by atomic mass is 10.1. The second-order valence-corrected chi connectivity index (χ2v) is 7.89. The summed E-state index contributed by atoms with van der Waals surface area (Å²) in [4.78, 5) is 29.0. The number of carboxylic acid groups (broad SMARTS) is 1. The molecule has 0 saturated heterocycles. The third-order valence-corrected chi connectivity index (χ3v) is 5.89. The fourth-order valence-corrected chi connectivity index (χ4v) is 3.89. The molecule has 0 bridgehead atoms. The van der Waals surface area contributed by atoms with Crippen LogP contribution in [0.2, 0.25) is 0 Å². The van der Waals surface area contributed by atoms with Gasteiger partial charge in [0.25, 0.3) is 0 Å². The molecule has 2 unspecified atom stereocenters. The maximum atomic E-state index is 12.7. The van der Waals surface area contributed by atoms with Crippen LogP contribution in [-0.4, -0.2) is 38.3 Å². The van der Waals surface area contributed by atoms with Crippen LogP contribution in [0.5, 0.6) is 0 Å². The van der Waals surface area contributed by atoms with Crippen LogP contribution >= 0.6 is 39.5 Å². The molecule has 0 aliphatic heterocycles. The van der Waals surface area contributed by atoms with Crippen LogP contribution in [0.1, 0.15) is 18.5 Å². The molecule has 0 amide bonds. The van der Waals surface area contributed by atoms with E-state index in [-0.39, 0.29) is 0 Å². The Morgan fingerprint density at radius 2 is 2.00 bits per heavy atom. The Labute approximate surface area is 138 Å². The smallest absolute Gasteiger partial charge is 0.379 e. The van der Waals surface area contributed by atoms with Gasteiger partial charge >= 0.3 is 13.6 Å². The van der Waals surface area contributed by atoms with Gasteiger partial charge in [-0.3, -0.25) is 4.57 Å². The maximum Gasteiger partial charge on any atom is 0.379 e. The second-order valence-electron chi connectivity index (χ2n) is 4.63. The quantitative estimate of drug-likeness (QED) is 0.351. The van der Waals surface area contributed by atoms with Gasteiger partial charge in [-0.1, -0.05) is 12.1 Å². The number of hydrogen-bond acceptors (Lipinski definition) is 3. The second kappa shape index (κ2) is 6.87. The highest BCUT2D eigenvalue weighted by molar-refractivity contribution is 9.13. The van der Waals surface area contributed by atoms with Crippen molar-refractivity contribution in [1.82, 2.24) is 0 Å². The lowest BCUT2D eigenvalue weighted by Gasteiger charge is -2.46. The van der Waals surface area contributed by atoms with Gasteiger partial charge in [0.2, 0.25) is 0 Å². The van der Waals surface area contributed by atoms with Gasteiger partial charge in [0.15, 0.2) is 12.8 Å². The first-order valence-electron chi connectivity index (χ1n) is 5.74. The fourth-order valence-electron chi connectivity index (χ4n) is 1.95. The summed E-state index contributed by atoms with van der Waals surface area (Å²) in [6.45, 7) is 0.503. The Kier molecular flexibility index (Phi) is 6.14. The van der Waals surface area contributed by atoms with Crippen molar-refractivity contribution < 1.29 is 28.9 Å². The first-order chi connectivity index (χ1) is 9.46. The standard InChI is InChI=1S/C11H14Br2NO6P/c1-7(8-3-2-4-9(12)11(8)13)14(17,5-10(15)16)6-21(18,19)20/h2-4,7H,5-6H2,1H3,(H,15,16)(H2,18,19,20). The van der Waals surface area contributed by atoms with E-state index in [0.29, 0.717) is 14.5 Å². The van der Waals surface area contributed by atoms with E-state index in [4.69, 9.17) is 14.9 Å². The van der Waals surface area contributed by atoms with E-state index in [9.17, 15) is 14.6 Å². The van der Waals surface area contributed by atoms with Gasteiger partial charge in [0, 0.05) is 14.5 Å². The summed E-state index contributed by atoms with van der Waals surface area (Å²) in [5.41, 5.74) is 0.467. The molecule has 0 aliphatic rings. The number of carbonyl (C=O) groups is 1. The first kappa shape index (κ1) is 18.8. The van der Waals surface area contributed by atoms with Crippen LogP contribution in [0.3, 0.4) is 0 Å². The van der Waals surface area contributed by atoms with Crippen molar-refractivity contribution in [2.75, 3.05) is 12.8 Å². The highest BCUT2D eigenvalue weighted by atomic mass is 79.9. The Morgan fingerprint density at radius 1 is 1.43 bits per heavy atom. The van der Waals surface area contributed by atoms with Crippen LogP contribution in [0.4, 0.5) is 0 Å². The van der Waals surface area contributed by atoms with Gasteiger partial charge in [-0.2, -0.15) is 0 Å². The zero-order valence-corrected chi connectivity index (χ0v) is 15.0. The van der Waals surface area contributed by atoms with Crippen molar-refractivity contribution in [2.45, 2.75) is 13.0 Å². The molecule has 1 rings (SSSR count). The summed E-state index contributed by atoms with van der Waals surface area (Å²) in [7, 11) is -4.68. The monoisotopic (exact) mass is 445 g/mol. The van der Waals surface area contributed by atoms with Crippen molar-refractivity contribution >= 4 is 45.4 Å². The molecule has 0 spiro atoms. The van der Waals surface area contributed by atoms with E-state index >= 15 is 0 Å². The third kappa shape index (κ3) is 5.14. The summed E-state index contributed by atoms with van der Waals surface area (Å²) in [5.74, 6) is -1.42. The fraction of sp³-hybridized carbons (Fsp3) is 0.364. The van der Waals surface area contributed by atoms with Gasteiger partial charge in [-0.15, -0.1) is 0 Å². The number of aliphatic carboxylic acids is 1. The summed E-state index contributed by atoms with van der Waals surface area (Å²) < 4.78 is 10.8. The van der Waals surface area contributed by atoms with E-state index < -0.39 is 37.1 Å². The molecule has 0 fully saturated rings. The molecule has 0 heterocycles. The van der Waals surface area contributed by atoms with Crippen LogP contribution in [0.15, 0.2) is 27.1 Å². The number of halogens is 2. The normalized spacial score (nSPS) is 16.3. The predicted molar refractivity (Wildman–Crippen MR) is 83.3 cm³/mol. The van der Waals surface area contributed by atoms with Crippen molar-refractivity contribution in [3.63, 3.8) is 0 Å². The van der Waals surface area contributed by atoms with Crippen LogP contribution in [0.25, 0.3) is 0 Å². The largest absolute Gasteiger partial charge is 0.632 e. The molecule has 0 saturated carbocycles. The lowest BCUT2D eigenvalue weighted by molar-refractivity contribution is -0.892. The van der Waals surface area contributed by atoms with Gasteiger partial charge < -0.3 is 24.7 Å². The molecule has 2 atom stereocenters. The van der Waals surface area contributed by atoms with Gasteiger partial charge in [-0.05, 0) is 44.8 Å². The molecule has 0 aliphatic carbocycles. The van der Waals surface area contributed by atoms with Gasteiger partial charge in [0.05, 0.1) is 0 Å². The third-order valence-electron chi connectivity index (χ3n) is 2.96. The first-order valence-corrected chi connectivity index (χ1v) is 9.12. The molecule has 3 N–H and O–H groups in total. The molecular formula is C11H14Br2NO6P. The number of hydroxylamine groups is 3.